The first kappa shape index (κ1) is 14.4. The lowest BCUT2D eigenvalue weighted by molar-refractivity contribution is 0.385. The monoisotopic (exact) mass is 318 g/mol. The van der Waals surface area contributed by atoms with E-state index in [1.165, 1.54) is 24.9 Å². The van der Waals surface area contributed by atoms with Gasteiger partial charge in [0.1, 0.15) is 10.3 Å². The van der Waals surface area contributed by atoms with Crippen molar-refractivity contribution in [2.24, 2.45) is 0 Å². The Morgan fingerprint density at radius 1 is 1.26 bits per heavy atom. The lowest BCUT2D eigenvalue weighted by Gasteiger charge is -2.06. The smallest absolute Gasteiger partial charge is 0.190 e. The van der Waals surface area contributed by atoms with Crippen LogP contribution in [0.2, 0.25) is 10.3 Å². The summed E-state index contributed by atoms with van der Waals surface area (Å²) in [5, 5.41) is 0.918. The number of aromatic nitrogens is 2. The summed E-state index contributed by atoms with van der Waals surface area (Å²) in [6.45, 7) is 0. The van der Waals surface area contributed by atoms with E-state index in [9.17, 15) is 4.39 Å². The molecule has 0 saturated heterocycles. The number of ether oxygens (including phenoxy) is 1. The molecule has 2 rings (SSSR count). The van der Waals surface area contributed by atoms with E-state index in [1.54, 1.807) is 18.2 Å². The SMILES string of the molecule is COc1cccc(CSc2nc(Cl)cc(Cl)n2)c1F. The topological polar surface area (TPSA) is 35.0 Å². The van der Waals surface area contributed by atoms with E-state index >= 15 is 0 Å². The first-order valence-corrected chi connectivity index (χ1v) is 6.98. The molecule has 7 heteroatoms. The van der Waals surface area contributed by atoms with E-state index < -0.39 is 0 Å². The van der Waals surface area contributed by atoms with Crippen LogP contribution >= 0.6 is 35.0 Å². The Kier molecular flexibility index (Phi) is 4.85. The van der Waals surface area contributed by atoms with Gasteiger partial charge in [0.25, 0.3) is 0 Å². The summed E-state index contributed by atoms with van der Waals surface area (Å²) in [7, 11) is 1.43. The number of hydrogen-bond donors (Lipinski definition) is 0. The van der Waals surface area contributed by atoms with Gasteiger partial charge in [-0.1, -0.05) is 47.1 Å². The van der Waals surface area contributed by atoms with E-state index in [0.29, 0.717) is 16.5 Å². The molecule has 0 radical (unpaired) electrons. The highest BCUT2D eigenvalue weighted by molar-refractivity contribution is 7.98. The fourth-order valence-corrected chi connectivity index (χ4v) is 2.76. The first-order chi connectivity index (χ1) is 9.10. The summed E-state index contributed by atoms with van der Waals surface area (Å²) in [5.41, 5.74) is 0.504. The van der Waals surface area contributed by atoms with Gasteiger partial charge in [-0.15, -0.1) is 0 Å². The maximum absolute atomic E-state index is 13.9. The van der Waals surface area contributed by atoms with E-state index in [4.69, 9.17) is 27.9 Å². The van der Waals surface area contributed by atoms with Crippen LogP contribution in [0.15, 0.2) is 29.4 Å². The van der Waals surface area contributed by atoms with Gasteiger partial charge < -0.3 is 4.74 Å². The Morgan fingerprint density at radius 2 is 1.95 bits per heavy atom. The van der Waals surface area contributed by atoms with Crippen LogP contribution in [-0.4, -0.2) is 17.1 Å². The van der Waals surface area contributed by atoms with Crippen molar-refractivity contribution in [3.8, 4) is 5.75 Å². The Morgan fingerprint density at radius 3 is 2.58 bits per heavy atom. The zero-order valence-corrected chi connectivity index (χ0v) is 12.2. The molecule has 0 aliphatic carbocycles. The van der Waals surface area contributed by atoms with Crippen molar-refractivity contribution in [2.45, 2.75) is 10.9 Å². The van der Waals surface area contributed by atoms with Crippen LogP contribution in [0.1, 0.15) is 5.56 Å². The van der Waals surface area contributed by atoms with Crippen LogP contribution in [0, 0.1) is 5.82 Å². The molecule has 0 aliphatic rings. The van der Waals surface area contributed by atoms with Crippen LogP contribution in [0.5, 0.6) is 5.75 Å². The molecule has 100 valence electrons. The zero-order valence-electron chi connectivity index (χ0n) is 9.86. The summed E-state index contributed by atoms with van der Waals surface area (Å²) < 4.78 is 18.8. The molecule has 3 nitrogen and oxygen atoms in total. The molecule has 2 aromatic rings. The molecule has 1 aromatic heterocycles. The predicted octanol–water partition coefficient (Wildman–Crippen LogP) is 4.22. The number of benzene rings is 1. The third-order valence-corrected chi connectivity index (χ3v) is 3.55. The molecule has 0 bridgehead atoms. The highest BCUT2D eigenvalue weighted by atomic mass is 35.5. The average molecular weight is 319 g/mol. The summed E-state index contributed by atoms with van der Waals surface area (Å²) in [6, 6.07) is 6.41. The highest BCUT2D eigenvalue weighted by Gasteiger charge is 2.10. The standard InChI is InChI=1S/C12H9Cl2FN2OS/c1-18-8-4-2-3-7(11(8)15)6-19-12-16-9(13)5-10(14)17-12/h2-5H,6H2,1H3. The van der Waals surface area contributed by atoms with E-state index in [-0.39, 0.29) is 21.9 Å². The van der Waals surface area contributed by atoms with Gasteiger partial charge in [-0.3, -0.25) is 0 Å². The van der Waals surface area contributed by atoms with Crippen LogP contribution in [0.4, 0.5) is 4.39 Å². The number of methoxy groups -OCH3 is 1. The Labute approximate surface area is 124 Å². The second-order valence-electron chi connectivity index (χ2n) is 3.52. The minimum atomic E-state index is -0.384. The molecule has 0 aliphatic heterocycles. The summed E-state index contributed by atoms with van der Waals surface area (Å²) in [6.07, 6.45) is 0. The van der Waals surface area contributed by atoms with Crippen molar-refractivity contribution in [1.82, 2.24) is 9.97 Å². The van der Waals surface area contributed by atoms with Crippen LogP contribution in [0.25, 0.3) is 0 Å². The zero-order chi connectivity index (χ0) is 13.8. The van der Waals surface area contributed by atoms with Crippen LogP contribution in [-0.2, 0) is 5.75 Å². The molecule has 0 atom stereocenters. The van der Waals surface area contributed by atoms with E-state index in [1.807, 2.05) is 0 Å². The maximum Gasteiger partial charge on any atom is 0.190 e. The lowest BCUT2D eigenvalue weighted by Crippen LogP contribution is -1.94. The van der Waals surface area contributed by atoms with Gasteiger partial charge in [-0.25, -0.2) is 14.4 Å². The van der Waals surface area contributed by atoms with Gasteiger partial charge in [0.15, 0.2) is 16.7 Å². The number of hydrogen-bond acceptors (Lipinski definition) is 4. The van der Waals surface area contributed by atoms with Crippen LogP contribution in [0.3, 0.4) is 0 Å². The van der Waals surface area contributed by atoms with Crippen molar-refractivity contribution in [1.29, 1.82) is 0 Å². The van der Waals surface area contributed by atoms with Crippen molar-refractivity contribution >= 4 is 35.0 Å². The number of thioether (sulfide) groups is 1. The Bertz CT molecular complexity index is 578. The third-order valence-electron chi connectivity index (χ3n) is 2.26. The molecule has 1 heterocycles. The lowest BCUT2D eigenvalue weighted by atomic mass is 10.2. The molecular formula is C12H9Cl2FN2OS. The van der Waals surface area contributed by atoms with Crippen molar-refractivity contribution in [3.63, 3.8) is 0 Å². The summed E-state index contributed by atoms with van der Waals surface area (Å²) in [4.78, 5) is 8.00. The van der Waals surface area contributed by atoms with E-state index in [0.717, 1.165) is 0 Å². The molecule has 1 aromatic carbocycles. The van der Waals surface area contributed by atoms with Gasteiger partial charge in [0, 0.05) is 17.4 Å². The first-order valence-electron chi connectivity index (χ1n) is 5.24. The fraction of sp³-hybridized carbons (Fsp3) is 0.167. The van der Waals surface area contributed by atoms with Gasteiger partial charge in [-0.2, -0.15) is 0 Å². The normalized spacial score (nSPS) is 10.5. The maximum atomic E-state index is 13.9. The molecule has 0 saturated carbocycles. The van der Waals surface area contributed by atoms with Gasteiger partial charge in [0.2, 0.25) is 0 Å². The molecule has 0 fully saturated rings. The van der Waals surface area contributed by atoms with Gasteiger partial charge >= 0.3 is 0 Å². The molecular weight excluding hydrogens is 310 g/mol. The minimum absolute atomic E-state index is 0.211. The number of rotatable bonds is 4. The number of halogens is 3. The molecule has 0 amide bonds. The Balaban J connectivity index is 2.14. The summed E-state index contributed by atoms with van der Waals surface area (Å²) in [5.74, 6) is 0.188. The fourth-order valence-electron chi connectivity index (χ4n) is 1.40. The largest absolute Gasteiger partial charge is 0.494 e. The van der Waals surface area contributed by atoms with Gasteiger partial charge in [0.05, 0.1) is 7.11 Å². The Hall–Kier alpha value is -1.04. The molecule has 0 spiro atoms. The van der Waals surface area contributed by atoms with Gasteiger partial charge in [-0.05, 0) is 6.07 Å². The average Bonchev–Trinajstić information content (AvgIpc) is 2.36. The molecule has 0 unspecified atom stereocenters. The molecule has 19 heavy (non-hydrogen) atoms. The quantitative estimate of drug-likeness (QED) is 0.480. The summed E-state index contributed by atoms with van der Waals surface area (Å²) >= 11 is 12.8. The van der Waals surface area contributed by atoms with Crippen LogP contribution < -0.4 is 4.74 Å². The van der Waals surface area contributed by atoms with Crippen molar-refractivity contribution in [3.05, 3.63) is 46.0 Å². The molecule has 0 N–H and O–H groups in total. The van der Waals surface area contributed by atoms with E-state index in [2.05, 4.69) is 9.97 Å². The predicted molar refractivity (Wildman–Crippen MR) is 74.6 cm³/mol. The van der Waals surface area contributed by atoms with Crippen molar-refractivity contribution < 1.29 is 9.13 Å². The third kappa shape index (κ3) is 3.72. The van der Waals surface area contributed by atoms with Crippen molar-refractivity contribution in [2.75, 3.05) is 7.11 Å². The number of nitrogens with zero attached hydrogens (tertiary/aromatic N) is 2. The highest BCUT2D eigenvalue weighted by Crippen LogP contribution is 2.27. The second kappa shape index (κ2) is 6.41. The second-order valence-corrected chi connectivity index (χ2v) is 5.24. The minimum Gasteiger partial charge on any atom is -0.494 e.